The first-order chi connectivity index (χ1) is 14.0. The zero-order chi connectivity index (χ0) is 20.5. The van der Waals surface area contributed by atoms with Crippen molar-refractivity contribution in [2.24, 2.45) is 5.92 Å². The summed E-state index contributed by atoms with van der Waals surface area (Å²) in [5.41, 5.74) is 4.15. The van der Waals surface area contributed by atoms with E-state index in [-0.39, 0.29) is 11.8 Å². The summed E-state index contributed by atoms with van der Waals surface area (Å²) in [5, 5.41) is 8.90. The number of carbonyl (C=O) groups is 1. The lowest BCUT2D eigenvalue weighted by molar-refractivity contribution is -0.117. The summed E-state index contributed by atoms with van der Waals surface area (Å²) < 4.78 is 1.90. The number of fused-ring (bicyclic) bond motifs is 1. The number of thioether (sulfide) groups is 1. The number of Topliss-reactive ketones (excluding diaryl/α,β-unsaturated/α-hetero) is 1. The molecule has 0 radical (unpaired) electrons. The van der Waals surface area contributed by atoms with Crippen LogP contribution < -0.4 is 10.2 Å². The molecular formula is C22H29N5OS. The van der Waals surface area contributed by atoms with E-state index < -0.39 is 0 Å². The molecule has 1 aromatic heterocycles. The van der Waals surface area contributed by atoms with Gasteiger partial charge in [-0.15, -0.1) is 5.10 Å². The fraction of sp³-hybridized carbons (Fsp3) is 0.500. The highest BCUT2D eigenvalue weighted by Gasteiger charge is 2.38. The molecule has 0 fully saturated rings. The maximum atomic E-state index is 13.1. The molecular weight excluding hydrogens is 382 g/mol. The quantitative estimate of drug-likeness (QED) is 0.706. The first kappa shape index (κ1) is 20.0. The molecule has 2 unspecified atom stereocenters. The van der Waals surface area contributed by atoms with Gasteiger partial charge in [-0.2, -0.15) is 4.98 Å². The van der Waals surface area contributed by atoms with Crippen LogP contribution in [-0.2, 0) is 4.79 Å². The number of rotatable bonds is 6. The molecule has 0 saturated carbocycles. The summed E-state index contributed by atoms with van der Waals surface area (Å²) in [4.78, 5) is 20.1. The van der Waals surface area contributed by atoms with E-state index in [4.69, 9.17) is 5.10 Å². The Balaban J connectivity index is 1.79. The smallest absolute Gasteiger partial charge is 0.227 e. The van der Waals surface area contributed by atoms with Crippen LogP contribution in [0.5, 0.6) is 0 Å². The normalized spacial score (nSPS) is 20.9. The van der Waals surface area contributed by atoms with Gasteiger partial charge >= 0.3 is 0 Å². The van der Waals surface area contributed by atoms with Gasteiger partial charge in [0.1, 0.15) is 6.04 Å². The number of allylic oxidation sites excluding steroid dienone is 2. The maximum Gasteiger partial charge on any atom is 0.227 e. The van der Waals surface area contributed by atoms with E-state index in [0.29, 0.717) is 12.3 Å². The average Bonchev–Trinajstić information content (AvgIpc) is 3.10. The molecule has 1 N–H and O–H groups in total. The van der Waals surface area contributed by atoms with Gasteiger partial charge in [-0.3, -0.25) is 4.79 Å². The molecule has 7 heteroatoms. The standard InChI is InChI=1S/C22H29N5OS/c1-5-26(6-2)16-10-8-15(9-11-16)20-19-17(12-14(4)13-18(19)28)23-21-24-22(29-7-3)25-27(20)21/h8-11,14,20H,5-7,12-13H2,1-4H3,(H,23,24,25). The number of nitrogens with one attached hydrogen (secondary N) is 1. The molecule has 0 saturated heterocycles. The second kappa shape index (κ2) is 8.22. The molecule has 6 nitrogen and oxygen atoms in total. The van der Waals surface area contributed by atoms with Crippen molar-refractivity contribution in [3.8, 4) is 0 Å². The van der Waals surface area contributed by atoms with Crippen molar-refractivity contribution in [1.82, 2.24) is 14.8 Å². The van der Waals surface area contributed by atoms with Gasteiger partial charge < -0.3 is 10.2 Å². The van der Waals surface area contributed by atoms with Gasteiger partial charge in [-0.05, 0) is 49.6 Å². The van der Waals surface area contributed by atoms with Crippen molar-refractivity contribution >= 4 is 29.2 Å². The Morgan fingerprint density at radius 1 is 1.17 bits per heavy atom. The molecule has 29 heavy (non-hydrogen) atoms. The predicted molar refractivity (Wildman–Crippen MR) is 119 cm³/mol. The summed E-state index contributed by atoms with van der Waals surface area (Å²) in [6.45, 7) is 10.5. The third-order valence-corrected chi connectivity index (χ3v) is 6.44. The van der Waals surface area contributed by atoms with E-state index in [1.165, 1.54) is 5.69 Å². The molecule has 0 bridgehead atoms. The van der Waals surface area contributed by atoms with E-state index in [2.05, 4.69) is 67.2 Å². The topological polar surface area (TPSA) is 63.1 Å². The van der Waals surface area contributed by atoms with Crippen LogP contribution in [0.2, 0.25) is 0 Å². The lowest BCUT2D eigenvalue weighted by Crippen LogP contribution is -2.33. The molecule has 1 aliphatic heterocycles. The van der Waals surface area contributed by atoms with Crippen molar-refractivity contribution in [3.05, 3.63) is 41.1 Å². The van der Waals surface area contributed by atoms with Crippen molar-refractivity contribution in [2.45, 2.75) is 51.7 Å². The van der Waals surface area contributed by atoms with Gasteiger partial charge in [-0.1, -0.05) is 37.7 Å². The molecule has 4 rings (SSSR count). The second-order valence-corrected chi connectivity index (χ2v) is 8.95. The zero-order valence-electron chi connectivity index (χ0n) is 17.6. The minimum atomic E-state index is -0.217. The fourth-order valence-electron chi connectivity index (χ4n) is 4.34. The predicted octanol–water partition coefficient (Wildman–Crippen LogP) is 4.50. The van der Waals surface area contributed by atoms with Crippen LogP contribution in [0.25, 0.3) is 0 Å². The van der Waals surface area contributed by atoms with Crippen molar-refractivity contribution in [2.75, 3.05) is 29.1 Å². The lowest BCUT2D eigenvalue weighted by Gasteiger charge is -2.34. The van der Waals surface area contributed by atoms with Crippen molar-refractivity contribution in [1.29, 1.82) is 0 Å². The summed E-state index contributed by atoms with van der Waals surface area (Å²) in [6, 6.07) is 8.36. The van der Waals surface area contributed by atoms with Gasteiger partial charge in [0, 0.05) is 36.5 Å². The Morgan fingerprint density at radius 3 is 2.55 bits per heavy atom. The number of aromatic nitrogens is 3. The van der Waals surface area contributed by atoms with Gasteiger partial charge in [0.2, 0.25) is 11.1 Å². The van der Waals surface area contributed by atoms with Gasteiger partial charge in [0.15, 0.2) is 5.78 Å². The second-order valence-electron chi connectivity index (χ2n) is 7.72. The third kappa shape index (κ3) is 3.68. The van der Waals surface area contributed by atoms with Crippen LogP contribution >= 0.6 is 11.8 Å². The molecule has 2 aromatic rings. The van der Waals surface area contributed by atoms with Gasteiger partial charge in [-0.25, -0.2) is 4.68 Å². The highest BCUT2D eigenvalue weighted by molar-refractivity contribution is 7.99. The Hall–Kier alpha value is -2.28. The Bertz CT molecular complexity index is 929. The van der Waals surface area contributed by atoms with E-state index in [9.17, 15) is 4.79 Å². The highest BCUT2D eigenvalue weighted by atomic mass is 32.2. The summed E-state index contributed by atoms with van der Waals surface area (Å²) in [6.07, 6.45) is 1.47. The largest absolute Gasteiger partial charge is 0.372 e. The molecule has 2 atom stereocenters. The number of carbonyl (C=O) groups excluding carboxylic acids is 1. The molecule has 2 aliphatic rings. The number of hydrogen-bond donors (Lipinski definition) is 1. The van der Waals surface area contributed by atoms with Gasteiger partial charge in [0.05, 0.1) is 0 Å². The summed E-state index contributed by atoms with van der Waals surface area (Å²) >= 11 is 1.62. The van der Waals surface area contributed by atoms with Crippen LogP contribution in [0.1, 0.15) is 52.1 Å². The van der Waals surface area contributed by atoms with Crippen LogP contribution in [0.3, 0.4) is 0 Å². The summed E-state index contributed by atoms with van der Waals surface area (Å²) in [7, 11) is 0. The Kier molecular flexibility index (Phi) is 5.67. The monoisotopic (exact) mass is 411 g/mol. The van der Waals surface area contributed by atoms with E-state index in [0.717, 1.165) is 53.2 Å². The number of anilines is 2. The van der Waals surface area contributed by atoms with Crippen molar-refractivity contribution < 1.29 is 4.79 Å². The number of benzene rings is 1. The van der Waals surface area contributed by atoms with Crippen molar-refractivity contribution in [3.63, 3.8) is 0 Å². The Morgan fingerprint density at radius 2 is 1.90 bits per heavy atom. The van der Waals surface area contributed by atoms with E-state index >= 15 is 0 Å². The molecule has 2 heterocycles. The number of nitrogens with zero attached hydrogens (tertiary/aromatic N) is 4. The highest BCUT2D eigenvalue weighted by Crippen LogP contribution is 2.42. The third-order valence-electron chi connectivity index (χ3n) is 5.72. The maximum absolute atomic E-state index is 13.1. The minimum Gasteiger partial charge on any atom is -0.372 e. The zero-order valence-corrected chi connectivity index (χ0v) is 18.4. The first-order valence-electron chi connectivity index (χ1n) is 10.5. The molecule has 0 spiro atoms. The van der Waals surface area contributed by atoms with Gasteiger partial charge in [0.25, 0.3) is 0 Å². The fourth-order valence-corrected chi connectivity index (χ4v) is 4.90. The molecule has 1 aliphatic carbocycles. The molecule has 1 aromatic carbocycles. The summed E-state index contributed by atoms with van der Waals surface area (Å²) in [5.74, 6) is 2.21. The first-order valence-corrected chi connectivity index (χ1v) is 11.5. The molecule has 154 valence electrons. The Labute approximate surface area is 176 Å². The van der Waals surface area contributed by atoms with E-state index in [1.807, 2.05) is 4.68 Å². The molecule has 0 amide bonds. The number of hydrogen-bond acceptors (Lipinski definition) is 6. The SMILES string of the molecule is CCSc1nc2n(n1)C(c1ccc(N(CC)CC)cc1)C1=C(CC(C)CC1=O)N2. The van der Waals surface area contributed by atoms with Crippen LogP contribution in [-0.4, -0.2) is 39.4 Å². The van der Waals surface area contributed by atoms with Crippen LogP contribution in [0.15, 0.2) is 40.7 Å². The van der Waals surface area contributed by atoms with Crippen LogP contribution in [0, 0.1) is 5.92 Å². The number of ketones is 1. The average molecular weight is 412 g/mol. The lowest BCUT2D eigenvalue weighted by atomic mass is 9.81. The minimum absolute atomic E-state index is 0.217. The van der Waals surface area contributed by atoms with Crippen LogP contribution in [0.4, 0.5) is 11.6 Å². The van der Waals surface area contributed by atoms with E-state index in [1.54, 1.807) is 11.8 Å².